The quantitative estimate of drug-likeness (QED) is 0.587. The highest BCUT2D eigenvalue weighted by Gasteiger charge is 2.13. The lowest BCUT2D eigenvalue weighted by molar-refractivity contribution is -0.119. The Labute approximate surface area is 170 Å². The molecule has 7 nitrogen and oxygen atoms in total. The van der Waals surface area contributed by atoms with Crippen LogP contribution in [0.15, 0.2) is 47.0 Å². The number of hydrogen-bond donors (Lipinski definition) is 1. The zero-order chi connectivity index (χ0) is 21.7. The second kappa shape index (κ2) is 9.17. The molecule has 2 aromatic carbocycles. The third-order valence-electron chi connectivity index (χ3n) is 4.19. The number of aryl methyl sites for hydroxylation is 2. The number of benzene rings is 2. The molecule has 30 heavy (non-hydrogen) atoms. The lowest BCUT2D eigenvalue weighted by Crippen LogP contribution is -2.21. The smallest absolute Gasteiger partial charge is 0.338 e. The van der Waals surface area contributed by atoms with Crippen LogP contribution >= 0.6 is 0 Å². The van der Waals surface area contributed by atoms with Crippen molar-refractivity contribution in [3.05, 3.63) is 76.7 Å². The zero-order valence-corrected chi connectivity index (χ0v) is 16.2. The van der Waals surface area contributed by atoms with Crippen molar-refractivity contribution in [2.75, 3.05) is 11.9 Å². The number of rotatable bonds is 7. The maximum atomic E-state index is 13.5. The number of aromatic nitrogens is 1. The van der Waals surface area contributed by atoms with Crippen LogP contribution in [0.3, 0.4) is 0 Å². The van der Waals surface area contributed by atoms with Crippen LogP contribution in [0.4, 0.5) is 14.5 Å². The van der Waals surface area contributed by atoms with Gasteiger partial charge in [0.25, 0.3) is 5.91 Å². The minimum Gasteiger partial charge on any atom is -0.489 e. The Kier molecular flexibility index (Phi) is 6.41. The summed E-state index contributed by atoms with van der Waals surface area (Å²) in [7, 11) is 0. The number of carbonyl (C=O) groups is 2. The average Bonchev–Trinajstić information content (AvgIpc) is 3.04. The molecule has 0 bridgehead atoms. The van der Waals surface area contributed by atoms with Gasteiger partial charge >= 0.3 is 5.97 Å². The van der Waals surface area contributed by atoms with Crippen molar-refractivity contribution in [1.29, 1.82) is 0 Å². The maximum absolute atomic E-state index is 13.5. The lowest BCUT2D eigenvalue weighted by Gasteiger charge is -2.09. The van der Waals surface area contributed by atoms with Crippen LogP contribution in [0.1, 0.15) is 27.4 Å². The van der Waals surface area contributed by atoms with Gasteiger partial charge in [-0.3, -0.25) is 4.79 Å². The van der Waals surface area contributed by atoms with Gasteiger partial charge in [0.2, 0.25) is 0 Å². The van der Waals surface area contributed by atoms with E-state index < -0.39 is 30.1 Å². The van der Waals surface area contributed by atoms with E-state index in [1.54, 1.807) is 19.1 Å². The molecule has 0 saturated carbocycles. The Bertz CT molecular complexity index is 1040. The van der Waals surface area contributed by atoms with E-state index >= 15 is 0 Å². The summed E-state index contributed by atoms with van der Waals surface area (Å²) in [5.74, 6) is -1.99. The third kappa shape index (κ3) is 5.19. The standard InChI is InChI=1S/C21H18F2N2O5/c1-12-17(13(2)30-25-12)10-28-16-6-3-14(4-7-16)21(27)29-11-20(26)24-19-8-5-15(22)9-18(19)23/h3-9H,10-11H2,1-2H3,(H,24,26). The molecule has 0 aliphatic carbocycles. The fraction of sp³-hybridized carbons (Fsp3) is 0.190. The van der Waals surface area contributed by atoms with Crippen LogP contribution in [0.5, 0.6) is 5.75 Å². The molecule has 0 spiro atoms. The van der Waals surface area contributed by atoms with E-state index in [1.807, 2.05) is 6.92 Å². The molecule has 0 atom stereocenters. The van der Waals surface area contributed by atoms with Crippen molar-refractivity contribution in [3.8, 4) is 5.75 Å². The molecule has 0 fully saturated rings. The van der Waals surface area contributed by atoms with Crippen molar-refractivity contribution in [2.45, 2.75) is 20.5 Å². The molecule has 0 saturated heterocycles. The van der Waals surface area contributed by atoms with Gasteiger partial charge in [0.1, 0.15) is 29.8 Å². The van der Waals surface area contributed by atoms with E-state index in [-0.39, 0.29) is 17.9 Å². The van der Waals surface area contributed by atoms with Crippen molar-refractivity contribution < 1.29 is 32.4 Å². The topological polar surface area (TPSA) is 90.7 Å². The number of ether oxygens (including phenoxy) is 2. The molecule has 0 radical (unpaired) electrons. The Morgan fingerprint density at radius 2 is 1.83 bits per heavy atom. The second-order valence-corrected chi connectivity index (χ2v) is 6.36. The minimum atomic E-state index is -0.929. The first kappa shape index (κ1) is 21.0. The number of amides is 1. The molecule has 1 aromatic heterocycles. The Morgan fingerprint density at radius 3 is 2.47 bits per heavy atom. The van der Waals surface area contributed by atoms with E-state index in [0.717, 1.165) is 23.4 Å². The summed E-state index contributed by atoms with van der Waals surface area (Å²) in [5.41, 5.74) is 1.59. The van der Waals surface area contributed by atoms with Gasteiger partial charge in [-0.05, 0) is 50.2 Å². The summed E-state index contributed by atoms with van der Waals surface area (Å²) >= 11 is 0. The number of nitrogens with one attached hydrogen (secondary N) is 1. The molecule has 1 amide bonds. The monoisotopic (exact) mass is 416 g/mol. The van der Waals surface area contributed by atoms with Gasteiger partial charge in [0.15, 0.2) is 6.61 Å². The van der Waals surface area contributed by atoms with Gasteiger partial charge in [-0.1, -0.05) is 5.16 Å². The molecule has 3 rings (SSSR count). The average molecular weight is 416 g/mol. The zero-order valence-electron chi connectivity index (χ0n) is 16.2. The Morgan fingerprint density at radius 1 is 1.10 bits per heavy atom. The number of anilines is 1. The molecule has 0 aliphatic rings. The van der Waals surface area contributed by atoms with Crippen molar-refractivity contribution in [2.24, 2.45) is 0 Å². The highest BCUT2D eigenvalue weighted by atomic mass is 19.1. The summed E-state index contributed by atoms with van der Waals surface area (Å²) in [5, 5.41) is 6.05. The van der Waals surface area contributed by atoms with Crippen molar-refractivity contribution in [1.82, 2.24) is 5.16 Å². The van der Waals surface area contributed by atoms with E-state index in [1.165, 1.54) is 12.1 Å². The fourth-order valence-corrected chi connectivity index (χ4v) is 2.54. The summed E-state index contributed by atoms with van der Waals surface area (Å²) in [6, 6.07) is 8.86. The minimum absolute atomic E-state index is 0.209. The highest BCUT2D eigenvalue weighted by Crippen LogP contribution is 2.18. The molecule has 3 aromatic rings. The number of carbonyl (C=O) groups excluding carboxylic acids is 2. The largest absolute Gasteiger partial charge is 0.489 e. The summed E-state index contributed by atoms with van der Waals surface area (Å²) < 4.78 is 42.0. The molecule has 156 valence electrons. The predicted molar refractivity (Wildman–Crippen MR) is 102 cm³/mol. The van der Waals surface area contributed by atoms with Gasteiger partial charge < -0.3 is 19.3 Å². The van der Waals surface area contributed by atoms with E-state index in [4.69, 9.17) is 14.0 Å². The number of nitrogens with zero attached hydrogens (tertiary/aromatic N) is 1. The first-order chi connectivity index (χ1) is 14.3. The molecule has 0 unspecified atom stereocenters. The van der Waals surface area contributed by atoms with E-state index in [2.05, 4.69) is 10.5 Å². The normalized spacial score (nSPS) is 10.5. The van der Waals surface area contributed by atoms with Crippen LogP contribution in [-0.4, -0.2) is 23.6 Å². The number of hydrogen-bond acceptors (Lipinski definition) is 6. The number of esters is 1. The fourth-order valence-electron chi connectivity index (χ4n) is 2.54. The van der Waals surface area contributed by atoms with Crippen LogP contribution in [-0.2, 0) is 16.1 Å². The van der Waals surface area contributed by atoms with Gasteiger partial charge in [-0.15, -0.1) is 0 Å². The summed E-state index contributed by atoms with van der Waals surface area (Å²) in [6.45, 7) is 3.25. The second-order valence-electron chi connectivity index (χ2n) is 6.36. The lowest BCUT2D eigenvalue weighted by atomic mass is 10.2. The molecular formula is C21H18F2N2O5. The molecule has 0 aliphatic heterocycles. The van der Waals surface area contributed by atoms with Crippen LogP contribution < -0.4 is 10.1 Å². The Hall–Kier alpha value is -3.75. The summed E-state index contributed by atoms with van der Waals surface area (Å²) in [6.07, 6.45) is 0. The van der Waals surface area contributed by atoms with Crippen LogP contribution in [0.2, 0.25) is 0 Å². The first-order valence-corrected chi connectivity index (χ1v) is 8.90. The molecule has 1 N–H and O–H groups in total. The van der Waals surface area contributed by atoms with Crippen molar-refractivity contribution in [3.63, 3.8) is 0 Å². The third-order valence-corrected chi connectivity index (χ3v) is 4.19. The number of halogens is 2. The van der Waals surface area contributed by atoms with Gasteiger partial charge in [0, 0.05) is 6.07 Å². The SMILES string of the molecule is Cc1noc(C)c1COc1ccc(C(=O)OCC(=O)Nc2ccc(F)cc2F)cc1. The van der Waals surface area contributed by atoms with Gasteiger partial charge in [-0.25, -0.2) is 13.6 Å². The Balaban J connectivity index is 1.50. The predicted octanol–water partition coefficient (Wildman–Crippen LogP) is 3.94. The van der Waals surface area contributed by atoms with Crippen LogP contribution in [0, 0.1) is 25.5 Å². The van der Waals surface area contributed by atoms with Gasteiger partial charge in [-0.2, -0.15) is 0 Å². The maximum Gasteiger partial charge on any atom is 0.338 e. The van der Waals surface area contributed by atoms with Crippen LogP contribution in [0.25, 0.3) is 0 Å². The van der Waals surface area contributed by atoms with E-state index in [9.17, 15) is 18.4 Å². The highest BCUT2D eigenvalue weighted by molar-refractivity contribution is 5.95. The molecule has 1 heterocycles. The molecule has 9 heteroatoms. The van der Waals surface area contributed by atoms with Crippen molar-refractivity contribution >= 4 is 17.6 Å². The summed E-state index contributed by atoms with van der Waals surface area (Å²) in [4.78, 5) is 23.9. The molecular weight excluding hydrogens is 398 g/mol. The van der Waals surface area contributed by atoms with Gasteiger partial charge in [0.05, 0.1) is 22.5 Å². The first-order valence-electron chi connectivity index (χ1n) is 8.90. The van der Waals surface area contributed by atoms with E-state index in [0.29, 0.717) is 17.6 Å².